The molecule has 1 aromatic rings. The zero-order valence-corrected chi connectivity index (χ0v) is 11.4. The second kappa shape index (κ2) is 6.03. The van der Waals surface area contributed by atoms with Crippen molar-refractivity contribution < 1.29 is 17.9 Å². The number of methoxy groups -OCH3 is 1. The number of ether oxygens (including phenoxy) is 1. The number of anilines is 1. The average Bonchev–Trinajstić information content (AvgIpc) is 2.30. The number of hydrogen-bond donors (Lipinski definition) is 2. The highest BCUT2D eigenvalue weighted by Gasteiger charge is 2.14. The third-order valence-corrected chi connectivity index (χ3v) is 3.46. The smallest absolute Gasteiger partial charge is 0.339 e. The minimum atomic E-state index is -3.64. The van der Waals surface area contributed by atoms with Crippen LogP contribution in [0.25, 0.3) is 0 Å². The SMILES string of the molecule is CCNS(=O)(=O)Nc1ccc(Cl)c(C(=O)OC)c1. The Hall–Kier alpha value is -1.31. The van der Waals surface area contributed by atoms with E-state index in [1.807, 2.05) is 0 Å². The van der Waals surface area contributed by atoms with Crippen LogP contribution in [0.15, 0.2) is 18.2 Å². The van der Waals surface area contributed by atoms with Gasteiger partial charge in [-0.15, -0.1) is 0 Å². The van der Waals surface area contributed by atoms with Crippen molar-refractivity contribution in [2.45, 2.75) is 6.92 Å². The first-order valence-corrected chi connectivity index (χ1v) is 6.91. The Morgan fingerprint density at radius 1 is 1.44 bits per heavy atom. The predicted octanol–water partition coefficient (Wildman–Crippen LogP) is 1.39. The normalized spacial score (nSPS) is 11.1. The van der Waals surface area contributed by atoms with E-state index < -0.39 is 16.2 Å². The molecule has 100 valence electrons. The molecule has 0 amide bonds. The standard InChI is InChI=1S/C10H13ClN2O4S/c1-3-12-18(15,16)13-7-4-5-9(11)8(6-7)10(14)17-2/h4-6,12-13H,3H2,1-2H3. The number of carbonyl (C=O) groups is 1. The van der Waals surface area contributed by atoms with E-state index in [9.17, 15) is 13.2 Å². The molecule has 18 heavy (non-hydrogen) atoms. The van der Waals surface area contributed by atoms with Gasteiger partial charge >= 0.3 is 5.97 Å². The number of halogens is 1. The van der Waals surface area contributed by atoms with Gasteiger partial charge in [0.1, 0.15) is 0 Å². The van der Waals surface area contributed by atoms with Crippen molar-refractivity contribution in [3.8, 4) is 0 Å². The summed E-state index contributed by atoms with van der Waals surface area (Å²) in [5, 5.41) is 0.188. The van der Waals surface area contributed by atoms with E-state index in [0.717, 1.165) is 0 Å². The Bertz CT molecular complexity index is 545. The summed E-state index contributed by atoms with van der Waals surface area (Å²) >= 11 is 5.81. The molecule has 0 saturated heterocycles. The highest BCUT2D eigenvalue weighted by Crippen LogP contribution is 2.21. The summed E-state index contributed by atoms with van der Waals surface area (Å²) in [6, 6.07) is 4.17. The lowest BCUT2D eigenvalue weighted by Crippen LogP contribution is -2.29. The van der Waals surface area contributed by atoms with E-state index >= 15 is 0 Å². The van der Waals surface area contributed by atoms with E-state index in [-0.39, 0.29) is 22.8 Å². The maximum atomic E-state index is 11.5. The van der Waals surface area contributed by atoms with Crippen molar-refractivity contribution in [1.29, 1.82) is 0 Å². The van der Waals surface area contributed by atoms with E-state index in [0.29, 0.717) is 0 Å². The molecule has 0 heterocycles. The predicted molar refractivity (Wildman–Crippen MR) is 69.0 cm³/mol. The lowest BCUT2D eigenvalue weighted by Gasteiger charge is -2.09. The molecule has 0 aliphatic carbocycles. The molecule has 0 radical (unpaired) electrons. The molecule has 0 bridgehead atoms. The third kappa shape index (κ3) is 3.86. The van der Waals surface area contributed by atoms with Gasteiger partial charge in [-0.3, -0.25) is 4.72 Å². The fourth-order valence-electron chi connectivity index (χ4n) is 1.24. The van der Waals surface area contributed by atoms with Gasteiger partial charge in [-0.1, -0.05) is 18.5 Å². The van der Waals surface area contributed by atoms with Gasteiger partial charge in [0.05, 0.1) is 23.4 Å². The van der Waals surface area contributed by atoms with Gasteiger partial charge in [-0.25, -0.2) is 4.79 Å². The number of hydrogen-bond acceptors (Lipinski definition) is 4. The largest absolute Gasteiger partial charge is 0.465 e. The quantitative estimate of drug-likeness (QED) is 0.803. The van der Waals surface area contributed by atoms with Crippen LogP contribution < -0.4 is 9.44 Å². The van der Waals surface area contributed by atoms with Gasteiger partial charge in [-0.05, 0) is 18.2 Å². The van der Waals surface area contributed by atoms with Crippen LogP contribution in [0.4, 0.5) is 5.69 Å². The molecule has 2 N–H and O–H groups in total. The van der Waals surface area contributed by atoms with E-state index in [1.54, 1.807) is 6.92 Å². The summed E-state index contributed by atoms with van der Waals surface area (Å²) in [6.45, 7) is 1.91. The fraction of sp³-hybridized carbons (Fsp3) is 0.300. The lowest BCUT2D eigenvalue weighted by atomic mass is 10.2. The highest BCUT2D eigenvalue weighted by molar-refractivity contribution is 7.90. The zero-order valence-electron chi connectivity index (χ0n) is 9.86. The Balaban J connectivity index is 3.03. The summed E-state index contributed by atoms with van der Waals surface area (Å²) in [4.78, 5) is 11.4. The molecule has 6 nitrogen and oxygen atoms in total. The highest BCUT2D eigenvalue weighted by atomic mass is 35.5. The number of carbonyl (C=O) groups excluding carboxylic acids is 1. The number of benzene rings is 1. The summed E-state index contributed by atoms with van der Waals surface area (Å²) in [6.07, 6.45) is 0. The molecule has 0 aromatic heterocycles. The molecule has 0 fully saturated rings. The van der Waals surface area contributed by atoms with Crippen LogP contribution in [0.1, 0.15) is 17.3 Å². The van der Waals surface area contributed by atoms with Crippen molar-refractivity contribution in [2.24, 2.45) is 0 Å². The van der Waals surface area contributed by atoms with Crippen LogP contribution in [0.2, 0.25) is 5.02 Å². The summed E-state index contributed by atoms with van der Waals surface area (Å²) in [7, 11) is -2.43. The molecule has 8 heteroatoms. The molecule has 1 rings (SSSR count). The second-order valence-electron chi connectivity index (χ2n) is 3.29. The Morgan fingerprint density at radius 3 is 2.67 bits per heavy atom. The lowest BCUT2D eigenvalue weighted by molar-refractivity contribution is 0.0601. The van der Waals surface area contributed by atoms with Crippen LogP contribution in [0, 0.1) is 0 Å². The van der Waals surface area contributed by atoms with Crippen LogP contribution >= 0.6 is 11.6 Å². The molecule has 0 aliphatic rings. The topological polar surface area (TPSA) is 84.5 Å². The Labute approximate surface area is 110 Å². The first kappa shape index (κ1) is 14.7. The van der Waals surface area contributed by atoms with Gasteiger partial charge in [-0.2, -0.15) is 13.1 Å². The summed E-state index contributed by atoms with van der Waals surface area (Å²) in [5.74, 6) is -0.635. The average molecular weight is 293 g/mol. The van der Waals surface area contributed by atoms with Crippen LogP contribution in [0.5, 0.6) is 0 Å². The monoisotopic (exact) mass is 292 g/mol. The maximum Gasteiger partial charge on any atom is 0.339 e. The van der Waals surface area contributed by atoms with Crippen molar-refractivity contribution >= 4 is 33.5 Å². The number of esters is 1. The Morgan fingerprint density at radius 2 is 2.11 bits per heavy atom. The van der Waals surface area contributed by atoms with E-state index in [4.69, 9.17) is 11.6 Å². The minimum Gasteiger partial charge on any atom is -0.465 e. The molecule has 0 spiro atoms. The van der Waals surface area contributed by atoms with E-state index in [2.05, 4.69) is 14.2 Å². The molecular formula is C10H13ClN2O4S. The number of nitrogens with one attached hydrogen (secondary N) is 2. The summed E-state index contributed by atoms with van der Waals surface area (Å²) in [5.41, 5.74) is 0.316. The van der Waals surface area contributed by atoms with Crippen molar-refractivity contribution in [2.75, 3.05) is 18.4 Å². The van der Waals surface area contributed by atoms with Crippen LogP contribution in [0.3, 0.4) is 0 Å². The van der Waals surface area contributed by atoms with Crippen molar-refractivity contribution in [1.82, 2.24) is 4.72 Å². The van der Waals surface area contributed by atoms with Crippen LogP contribution in [-0.4, -0.2) is 28.0 Å². The van der Waals surface area contributed by atoms with Gasteiger partial charge < -0.3 is 4.74 Å². The maximum absolute atomic E-state index is 11.5. The minimum absolute atomic E-state index is 0.0934. The van der Waals surface area contributed by atoms with Gasteiger partial charge in [0, 0.05) is 6.54 Å². The summed E-state index contributed by atoms with van der Waals surface area (Å²) < 4.78 is 32.0. The van der Waals surface area contributed by atoms with Gasteiger partial charge in [0.25, 0.3) is 10.2 Å². The molecule has 0 unspecified atom stereocenters. The van der Waals surface area contributed by atoms with Gasteiger partial charge in [0.15, 0.2) is 0 Å². The second-order valence-corrected chi connectivity index (χ2v) is 5.20. The number of rotatable bonds is 5. The van der Waals surface area contributed by atoms with Crippen molar-refractivity contribution in [3.05, 3.63) is 28.8 Å². The first-order valence-electron chi connectivity index (χ1n) is 5.05. The molecule has 0 aliphatic heterocycles. The van der Waals surface area contributed by atoms with Crippen LogP contribution in [-0.2, 0) is 14.9 Å². The Kier molecular flexibility index (Phi) is 4.94. The van der Waals surface area contributed by atoms with Crippen molar-refractivity contribution in [3.63, 3.8) is 0 Å². The van der Waals surface area contributed by atoms with Gasteiger partial charge in [0.2, 0.25) is 0 Å². The molecule has 0 atom stereocenters. The van der Waals surface area contributed by atoms with E-state index in [1.165, 1.54) is 25.3 Å². The molecular weight excluding hydrogens is 280 g/mol. The zero-order chi connectivity index (χ0) is 13.8. The fourth-order valence-corrected chi connectivity index (χ4v) is 2.32. The molecule has 0 saturated carbocycles. The molecule has 1 aromatic carbocycles. The first-order chi connectivity index (χ1) is 8.39. The third-order valence-electron chi connectivity index (χ3n) is 1.96.